The molecule has 6 nitrogen and oxygen atoms in total. The van der Waals surface area contributed by atoms with E-state index in [1.54, 1.807) is 29.3 Å². The first-order valence-electron chi connectivity index (χ1n) is 11.2. The highest BCUT2D eigenvalue weighted by molar-refractivity contribution is 9.10. The van der Waals surface area contributed by atoms with Crippen LogP contribution >= 0.6 is 15.9 Å². The molecule has 34 heavy (non-hydrogen) atoms. The van der Waals surface area contributed by atoms with Gasteiger partial charge in [0.25, 0.3) is 5.91 Å². The van der Waals surface area contributed by atoms with Crippen molar-refractivity contribution < 1.29 is 13.9 Å². The summed E-state index contributed by atoms with van der Waals surface area (Å²) in [5.41, 5.74) is 2.20. The minimum atomic E-state index is -0.666. The molecule has 2 aromatic heterocycles. The summed E-state index contributed by atoms with van der Waals surface area (Å²) in [5, 5.41) is 0.421. The second-order valence-corrected chi connectivity index (χ2v) is 9.27. The molecule has 2 aromatic carbocycles. The highest BCUT2D eigenvalue weighted by atomic mass is 79.9. The van der Waals surface area contributed by atoms with Gasteiger partial charge in [0.15, 0.2) is 5.43 Å². The molecule has 0 spiro atoms. The predicted octanol–water partition coefficient (Wildman–Crippen LogP) is 6.19. The monoisotopic (exact) mass is 518 g/mol. The maximum atomic E-state index is 13.7. The van der Waals surface area contributed by atoms with E-state index in [9.17, 15) is 9.59 Å². The first kappa shape index (κ1) is 22.3. The van der Waals surface area contributed by atoms with Crippen LogP contribution in [0.1, 0.15) is 53.1 Å². The third kappa shape index (κ3) is 3.90. The first-order valence-corrected chi connectivity index (χ1v) is 12.0. The average Bonchev–Trinajstić information content (AvgIpc) is 3.13. The molecule has 4 aromatic rings. The van der Waals surface area contributed by atoms with Gasteiger partial charge in [-0.3, -0.25) is 14.5 Å². The predicted molar refractivity (Wildman–Crippen MR) is 135 cm³/mol. The molecule has 1 amide bonds. The number of hydrogen-bond acceptors (Lipinski definition) is 5. The number of aromatic nitrogens is 1. The van der Waals surface area contributed by atoms with Crippen molar-refractivity contribution in [1.29, 1.82) is 0 Å². The molecule has 0 fully saturated rings. The van der Waals surface area contributed by atoms with Crippen LogP contribution in [0.25, 0.3) is 11.0 Å². The van der Waals surface area contributed by atoms with Crippen LogP contribution in [0.2, 0.25) is 0 Å². The summed E-state index contributed by atoms with van der Waals surface area (Å²) < 4.78 is 12.6. The molecule has 1 aliphatic heterocycles. The lowest BCUT2D eigenvalue weighted by Gasteiger charge is -2.24. The third-order valence-electron chi connectivity index (χ3n) is 5.94. The van der Waals surface area contributed by atoms with E-state index in [2.05, 4.69) is 27.8 Å². The molecule has 3 heterocycles. The number of ether oxygens (including phenoxy) is 1. The molecule has 0 radical (unpaired) electrons. The Morgan fingerprint density at radius 3 is 2.62 bits per heavy atom. The van der Waals surface area contributed by atoms with Crippen molar-refractivity contribution in [2.75, 3.05) is 11.5 Å². The van der Waals surface area contributed by atoms with E-state index >= 15 is 0 Å². The number of hydrogen-bond donors (Lipinski definition) is 0. The van der Waals surface area contributed by atoms with Crippen LogP contribution < -0.4 is 15.1 Å². The zero-order valence-corrected chi connectivity index (χ0v) is 20.5. The number of rotatable bonds is 6. The Bertz CT molecular complexity index is 1450. The smallest absolute Gasteiger partial charge is 0.296 e. The van der Waals surface area contributed by atoms with Crippen LogP contribution in [0.4, 0.5) is 5.82 Å². The van der Waals surface area contributed by atoms with Crippen molar-refractivity contribution in [2.45, 2.75) is 32.7 Å². The second-order valence-electron chi connectivity index (χ2n) is 8.35. The summed E-state index contributed by atoms with van der Waals surface area (Å²) in [6, 6.07) is 15.8. The number of carbonyl (C=O) groups excluding carboxylic acids is 1. The van der Waals surface area contributed by atoms with Gasteiger partial charge >= 0.3 is 0 Å². The number of pyridine rings is 1. The summed E-state index contributed by atoms with van der Waals surface area (Å²) in [7, 11) is 0. The van der Waals surface area contributed by atoms with Gasteiger partial charge in [-0.1, -0.05) is 41.4 Å². The largest absolute Gasteiger partial charge is 0.494 e. The molecular formula is C27H23BrN2O4. The van der Waals surface area contributed by atoms with Gasteiger partial charge in [-0.05, 0) is 66.9 Å². The molecule has 0 aliphatic carbocycles. The average molecular weight is 519 g/mol. The van der Waals surface area contributed by atoms with E-state index in [0.29, 0.717) is 29.0 Å². The lowest BCUT2D eigenvalue weighted by atomic mass is 9.98. The van der Waals surface area contributed by atoms with Crippen molar-refractivity contribution in [1.82, 2.24) is 4.98 Å². The number of benzene rings is 2. The quantitative estimate of drug-likeness (QED) is 0.284. The van der Waals surface area contributed by atoms with Gasteiger partial charge in [-0.2, -0.15) is 0 Å². The number of halogens is 1. The van der Waals surface area contributed by atoms with Gasteiger partial charge in [0.2, 0.25) is 5.76 Å². The van der Waals surface area contributed by atoms with Gasteiger partial charge in [-0.15, -0.1) is 0 Å². The van der Waals surface area contributed by atoms with E-state index in [1.165, 1.54) is 0 Å². The molecule has 0 N–H and O–H groups in total. The number of anilines is 1. The Kier molecular flexibility index (Phi) is 5.96. The maximum absolute atomic E-state index is 13.7. The molecular weight excluding hydrogens is 496 g/mol. The van der Waals surface area contributed by atoms with Crippen LogP contribution in [0.15, 0.2) is 74.5 Å². The van der Waals surface area contributed by atoms with Crippen LogP contribution in [0, 0.1) is 6.92 Å². The van der Waals surface area contributed by atoms with Crippen molar-refractivity contribution in [3.05, 3.63) is 97.9 Å². The van der Waals surface area contributed by atoms with Crippen LogP contribution in [0.3, 0.4) is 0 Å². The van der Waals surface area contributed by atoms with E-state index in [-0.39, 0.29) is 17.1 Å². The normalized spacial score (nSPS) is 15.1. The number of aryl methyl sites for hydroxylation is 1. The summed E-state index contributed by atoms with van der Waals surface area (Å²) in [6.45, 7) is 4.69. The number of carbonyl (C=O) groups is 1. The molecule has 0 saturated carbocycles. The highest BCUT2D eigenvalue weighted by Crippen LogP contribution is 2.41. The van der Waals surface area contributed by atoms with Gasteiger partial charge in [0, 0.05) is 10.7 Å². The third-order valence-corrected chi connectivity index (χ3v) is 6.44. The van der Waals surface area contributed by atoms with E-state index in [4.69, 9.17) is 9.15 Å². The van der Waals surface area contributed by atoms with Crippen LogP contribution in [0.5, 0.6) is 5.75 Å². The number of fused-ring (bicyclic) bond motifs is 2. The summed E-state index contributed by atoms with van der Waals surface area (Å²) in [5.74, 6) is 0.880. The second kappa shape index (κ2) is 9.06. The van der Waals surface area contributed by atoms with Crippen LogP contribution in [-0.4, -0.2) is 17.5 Å². The Morgan fingerprint density at radius 2 is 1.88 bits per heavy atom. The van der Waals surface area contributed by atoms with Crippen molar-refractivity contribution in [3.8, 4) is 5.75 Å². The van der Waals surface area contributed by atoms with E-state index in [1.807, 2.05) is 43.3 Å². The fraction of sp³-hybridized carbons (Fsp3) is 0.222. The van der Waals surface area contributed by atoms with E-state index in [0.717, 1.165) is 34.2 Å². The Morgan fingerprint density at radius 1 is 1.09 bits per heavy atom. The molecule has 1 unspecified atom stereocenters. The van der Waals surface area contributed by atoms with Gasteiger partial charge in [-0.25, -0.2) is 4.98 Å². The Labute approximate surface area is 205 Å². The minimum absolute atomic E-state index is 0.0522. The fourth-order valence-corrected chi connectivity index (χ4v) is 4.59. The standard InChI is InChI=1S/C27H23BrN2O4/c1-3-4-13-33-19-8-5-17(6-9-19)24-23-25(31)20-15-18(28)7-10-21(20)34-26(23)27(32)30(24)22-14-16(2)11-12-29-22/h5-12,14-15,24H,3-4,13H2,1-2H3. The van der Waals surface area contributed by atoms with Gasteiger partial charge in [0.1, 0.15) is 17.2 Å². The topological polar surface area (TPSA) is 72.6 Å². The SMILES string of the molecule is CCCCOc1ccc(C2c3c(oc4ccc(Br)cc4c3=O)C(=O)N2c2cc(C)ccn2)cc1. The number of amides is 1. The molecule has 5 rings (SSSR count). The van der Waals surface area contributed by atoms with Crippen molar-refractivity contribution >= 4 is 38.6 Å². The molecule has 1 aliphatic rings. The summed E-state index contributed by atoms with van der Waals surface area (Å²) >= 11 is 3.43. The minimum Gasteiger partial charge on any atom is -0.494 e. The molecule has 1 atom stereocenters. The molecule has 0 bridgehead atoms. The lowest BCUT2D eigenvalue weighted by molar-refractivity contribution is 0.0970. The lowest BCUT2D eigenvalue weighted by Crippen LogP contribution is -2.30. The van der Waals surface area contributed by atoms with Gasteiger partial charge < -0.3 is 9.15 Å². The molecule has 0 saturated heterocycles. The number of nitrogens with zero attached hydrogens (tertiary/aromatic N) is 2. The molecule has 172 valence electrons. The Hall–Kier alpha value is -3.45. The van der Waals surface area contributed by atoms with Crippen molar-refractivity contribution in [2.24, 2.45) is 0 Å². The fourth-order valence-electron chi connectivity index (χ4n) is 4.23. The molecule has 7 heteroatoms. The van der Waals surface area contributed by atoms with E-state index < -0.39 is 6.04 Å². The maximum Gasteiger partial charge on any atom is 0.296 e. The highest BCUT2D eigenvalue weighted by Gasteiger charge is 2.44. The zero-order valence-electron chi connectivity index (χ0n) is 18.9. The first-order chi connectivity index (χ1) is 16.5. The number of unbranched alkanes of at least 4 members (excludes halogenated alkanes) is 1. The summed E-state index contributed by atoms with van der Waals surface area (Å²) in [6.07, 6.45) is 3.69. The Balaban J connectivity index is 1.68. The van der Waals surface area contributed by atoms with Crippen molar-refractivity contribution in [3.63, 3.8) is 0 Å². The zero-order chi connectivity index (χ0) is 23.8. The summed E-state index contributed by atoms with van der Waals surface area (Å²) in [4.78, 5) is 33.3. The van der Waals surface area contributed by atoms with Gasteiger partial charge in [0.05, 0.1) is 23.6 Å². The van der Waals surface area contributed by atoms with Crippen LogP contribution in [-0.2, 0) is 0 Å².